The summed E-state index contributed by atoms with van der Waals surface area (Å²) in [4.78, 5) is 15.7. The SMILES string of the molecule is O=C(O)CN1C[C@@H]2COC[C@H](C1)N(Cc1ccccc1Cn1cccn1)C2. The molecule has 0 amide bonds. The van der Waals surface area contributed by atoms with Crippen LogP contribution in [0.25, 0.3) is 0 Å². The zero-order valence-electron chi connectivity index (χ0n) is 15.4. The standard InChI is InChI=1S/C20H26N4O3/c25-20(26)13-22-8-16-9-23(19(12-22)15-27-14-16)10-17-4-1-2-5-18(17)11-24-7-3-6-21-24/h1-7,16,19H,8-15H2,(H,25,26)/t16-,19-/m0/s1. The van der Waals surface area contributed by atoms with E-state index >= 15 is 0 Å². The summed E-state index contributed by atoms with van der Waals surface area (Å²) in [6, 6.07) is 10.7. The summed E-state index contributed by atoms with van der Waals surface area (Å²) in [7, 11) is 0. The van der Waals surface area contributed by atoms with Gasteiger partial charge in [-0.2, -0.15) is 5.10 Å². The molecule has 0 unspecified atom stereocenters. The van der Waals surface area contributed by atoms with Gasteiger partial charge in [0.05, 0.1) is 26.3 Å². The fraction of sp³-hybridized carbons (Fsp3) is 0.500. The molecule has 144 valence electrons. The van der Waals surface area contributed by atoms with Crippen molar-refractivity contribution in [1.82, 2.24) is 19.6 Å². The Kier molecular flexibility index (Phi) is 5.52. The molecule has 1 N–H and O–H groups in total. The third kappa shape index (κ3) is 4.55. The lowest BCUT2D eigenvalue weighted by atomic mass is 10.1. The maximum absolute atomic E-state index is 11.2. The monoisotopic (exact) mass is 370 g/mol. The Hall–Kier alpha value is -2.22. The number of aromatic nitrogens is 2. The second-order valence-corrected chi connectivity index (χ2v) is 7.55. The first-order chi connectivity index (χ1) is 13.2. The van der Waals surface area contributed by atoms with E-state index in [2.05, 4.69) is 39.2 Å². The molecule has 2 aromatic rings. The minimum absolute atomic E-state index is 0.108. The molecule has 2 aliphatic rings. The van der Waals surface area contributed by atoms with E-state index in [1.54, 1.807) is 6.20 Å². The Bertz CT molecular complexity index is 764. The molecule has 1 aromatic heterocycles. The molecule has 2 aliphatic heterocycles. The molecule has 2 bridgehead atoms. The van der Waals surface area contributed by atoms with E-state index in [1.165, 1.54) is 11.1 Å². The second-order valence-electron chi connectivity index (χ2n) is 7.55. The largest absolute Gasteiger partial charge is 0.480 e. The highest BCUT2D eigenvalue weighted by Crippen LogP contribution is 2.23. The van der Waals surface area contributed by atoms with Gasteiger partial charge in [0.1, 0.15) is 0 Å². The van der Waals surface area contributed by atoms with Crippen LogP contribution in [0.2, 0.25) is 0 Å². The van der Waals surface area contributed by atoms with Crippen LogP contribution in [0.15, 0.2) is 42.7 Å². The van der Waals surface area contributed by atoms with Crippen molar-refractivity contribution in [1.29, 1.82) is 0 Å². The fourth-order valence-corrected chi connectivity index (χ4v) is 4.19. The first kappa shape index (κ1) is 18.2. The van der Waals surface area contributed by atoms with E-state index < -0.39 is 5.97 Å². The molecule has 0 aliphatic carbocycles. The average molecular weight is 370 g/mol. The molecule has 0 spiro atoms. The molecular formula is C20H26N4O3. The fourth-order valence-electron chi connectivity index (χ4n) is 4.19. The number of carboxylic acid groups (broad SMARTS) is 1. The van der Waals surface area contributed by atoms with E-state index in [4.69, 9.17) is 4.74 Å². The number of hydrogen-bond donors (Lipinski definition) is 1. The maximum Gasteiger partial charge on any atom is 0.317 e. The van der Waals surface area contributed by atoms with Crippen molar-refractivity contribution in [3.05, 3.63) is 53.9 Å². The first-order valence-corrected chi connectivity index (χ1v) is 9.47. The molecule has 7 heteroatoms. The molecule has 4 rings (SSSR count). The van der Waals surface area contributed by atoms with Gasteiger partial charge < -0.3 is 9.84 Å². The molecule has 7 nitrogen and oxygen atoms in total. The minimum Gasteiger partial charge on any atom is -0.480 e. The summed E-state index contributed by atoms with van der Waals surface area (Å²) in [6.45, 7) is 5.55. The Morgan fingerprint density at radius 1 is 1.11 bits per heavy atom. The predicted octanol–water partition coefficient (Wildman–Crippen LogP) is 1.15. The Balaban J connectivity index is 1.51. The van der Waals surface area contributed by atoms with E-state index in [9.17, 15) is 9.90 Å². The van der Waals surface area contributed by atoms with Gasteiger partial charge in [-0.3, -0.25) is 19.3 Å². The van der Waals surface area contributed by atoms with Crippen LogP contribution in [0.5, 0.6) is 0 Å². The number of aliphatic carboxylic acids is 1. The van der Waals surface area contributed by atoms with Gasteiger partial charge >= 0.3 is 5.97 Å². The molecule has 2 fully saturated rings. The second kappa shape index (κ2) is 8.21. The van der Waals surface area contributed by atoms with E-state index in [0.717, 1.165) is 32.7 Å². The molecule has 0 radical (unpaired) electrons. The molecule has 27 heavy (non-hydrogen) atoms. The Morgan fingerprint density at radius 3 is 2.67 bits per heavy atom. The third-order valence-corrected chi connectivity index (χ3v) is 5.40. The Morgan fingerprint density at radius 2 is 1.93 bits per heavy atom. The van der Waals surface area contributed by atoms with Crippen LogP contribution in [0.4, 0.5) is 0 Å². The number of fused-ring (bicyclic) bond motifs is 3. The van der Waals surface area contributed by atoms with Crippen molar-refractivity contribution in [2.45, 2.75) is 19.1 Å². The van der Waals surface area contributed by atoms with Crippen LogP contribution in [-0.4, -0.2) is 76.1 Å². The van der Waals surface area contributed by atoms with Crippen molar-refractivity contribution in [3.63, 3.8) is 0 Å². The number of nitrogens with zero attached hydrogens (tertiary/aromatic N) is 4. The van der Waals surface area contributed by atoms with Crippen molar-refractivity contribution in [2.24, 2.45) is 5.92 Å². The zero-order chi connectivity index (χ0) is 18.6. The van der Waals surface area contributed by atoms with Gasteiger partial charge in [-0.1, -0.05) is 24.3 Å². The van der Waals surface area contributed by atoms with Crippen LogP contribution in [-0.2, 0) is 22.6 Å². The topological polar surface area (TPSA) is 70.8 Å². The van der Waals surface area contributed by atoms with Crippen molar-refractivity contribution in [3.8, 4) is 0 Å². The van der Waals surface area contributed by atoms with Crippen LogP contribution in [0.1, 0.15) is 11.1 Å². The maximum atomic E-state index is 11.2. The van der Waals surface area contributed by atoms with Crippen LogP contribution in [0.3, 0.4) is 0 Å². The van der Waals surface area contributed by atoms with E-state index in [0.29, 0.717) is 19.1 Å². The van der Waals surface area contributed by atoms with Gasteiger partial charge in [-0.15, -0.1) is 0 Å². The lowest BCUT2D eigenvalue weighted by Gasteiger charge is -2.31. The van der Waals surface area contributed by atoms with E-state index in [1.807, 2.05) is 16.9 Å². The zero-order valence-corrected chi connectivity index (χ0v) is 15.4. The van der Waals surface area contributed by atoms with Gasteiger partial charge in [0.15, 0.2) is 0 Å². The quantitative estimate of drug-likeness (QED) is 0.823. The lowest BCUT2D eigenvalue weighted by molar-refractivity contribution is -0.138. The van der Waals surface area contributed by atoms with Gasteiger partial charge in [-0.25, -0.2) is 0 Å². The normalized spacial score (nSPS) is 23.9. The van der Waals surface area contributed by atoms with E-state index in [-0.39, 0.29) is 12.6 Å². The molecule has 2 atom stereocenters. The summed E-state index contributed by atoms with van der Waals surface area (Å²) >= 11 is 0. The molecular weight excluding hydrogens is 344 g/mol. The van der Waals surface area contributed by atoms with Gasteiger partial charge in [0.25, 0.3) is 0 Å². The summed E-state index contributed by atoms with van der Waals surface area (Å²) in [5.41, 5.74) is 2.56. The highest BCUT2D eigenvalue weighted by Gasteiger charge is 2.34. The van der Waals surface area contributed by atoms with Crippen LogP contribution >= 0.6 is 0 Å². The summed E-state index contributed by atoms with van der Waals surface area (Å²) < 4.78 is 7.81. The number of carbonyl (C=O) groups is 1. The highest BCUT2D eigenvalue weighted by atomic mass is 16.5. The summed E-state index contributed by atoms with van der Waals surface area (Å²) in [5.74, 6) is -0.415. The minimum atomic E-state index is -0.757. The average Bonchev–Trinajstić information content (AvgIpc) is 2.99. The molecule has 3 heterocycles. The van der Waals surface area contributed by atoms with Gasteiger partial charge in [-0.05, 0) is 17.2 Å². The number of ether oxygens (including phenoxy) is 1. The van der Waals surface area contributed by atoms with Crippen molar-refractivity contribution in [2.75, 3.05) is 39.4 Å². The first-order valence-electron chi connectivity index (χ1n) is 9.47. The number of carboxylic acids is 1. The number of benzene rings is 1. The smallest absolute Gasteiger partial charge is 0.317 e. The summed E-state index contributed by atoms with van der Waals surface area (Å²) in [5, 5.41) is 13.5. The summed E-state index contributed by atoms with van der Waals surface area (Å²) in [6.07, 6.45) is 3.78. The number of hydrogen-bond acceptors (Lipinski definition) is 5. The predicted molar refractivity (Wildman–Crippen MR) is 100 cm³/mol. The van der Waals surface area contributed by atoms with Crippen molar-refractivity contribution < 1.29 is 14.6 Å². The molecule has 1 aromatic carbocycles. The Labute approximate surface area is 159 Å². The van der Waals surface area contributed by atoms with Crippen LogP contribution < -0.4 is 0 Å². The molecule has 0 saturated carbocycles. The van der Waals surface area contributed by atoms with Crippen LogP contribution in [0, 0.1) is 5.92 Å². The lowest BCUT2D eigenvalue weighted by Crippen LogP contribution is -2.45. The van der Waals surface area contributed by atoms with Gasteiger partial charge in [0.2, 0.25) is 0 Å². The highest BCUT2D eigenvalue weighted by molar-refractivity contribution is 5.69. The third-order valence-electron chi connectivity index (χ3n) is 5.40. The van der Waals surface area contributed by atoms with Crippen molar-refractivity contribution >= 4 is 5.97 Å². The van der Waals surface area contributed by atoms with Gasteiger partial charge in [0, 0.05) is 50.5 Å². The molecule has 2 saturated heterocycles. The number of rotatable bonds is 6.